The van der Waals surface area contributed by atoms with Gasteiger partial charge in [0.05, 0.1) is 17.7 Å². The van der Waals surface area contributed by atoms with Gasteiger partial charge in [0.2, 0.25) is 0 Å². The molecule has 0 saturated carbocycles. The van der Waals surface area contributed by atoms with Crippen molar-refractivity contribution in [3.63, 3.8) is 0 Å². The smallest absolute Gasteiger partial charge is 0.338 e. The van der Waals surface area contributed by atoms with Crippen LogP contribution in [-0.2, 0) is 9.53 Å². The molecule has 0 N–H and O–H groups in total. The number of hydrogen-bond acceptors (Lipinski definition) is 3. The molecule has 3 nitrogen and oxygen atoms in total. The number of carbonyl (C=O) groups excluding carboxylic acids is 1. The number of allylic oxidation sites excluding steroid dienone is 2. The highest BCUT2D eigenvalue weighted by atomic mass is 16.5. The Balaban J connectivity index is 1.85. The second-order valence-corrected chi connectivity index (χ2v) is 6.20. The number of carbonyl (C=O) groups is 1. The third-order valence-electron chi connectivity index (χ3n) is 4.89. The molecule has 0 unspecified atom stereocenters. The Kier molecular flexibility index (Phi) is 2.92. The van der Waals surface area contributed by atoms with E-state index in [1.165, 1.54) is 21.2 Å². The Bertz CT molecular complexity index is 1260. The van der Waals surface area contributed by atoms with E-state index in [9.17, 15) is 4.79 Å². The number of ether oxygens (including phenoxy) is 1. The molecular formula is C22H15NO2. The van der Waals surface area contributed by atoms with Gasteiger partial charge in [0.1, 0.15) is 0 Å². The molecule has 25 heavy (non-hydrogen) atoms. The summed E-state index contributed by atoms with van der Waals surface area (Å²) in [6, 6.07) is 12.5. The highest BCUT2D eigenvalue weighted by Crippen LogP contribution is 2.30. The number of aromatic nitrogens is 1. The first kappa shape index (κ1) is 14.2. The fourth-order valence-corrected chi connectivity index (χ4v) is 3.79. The summed E-state index contributed by atoms with van der Waals surface area (Å²) in [4.78, 5) is 16.6. The number of hydrogen-bond donors (Lipinski definition) is 0. The van der Waals surface area contributed by atoms with Gasteiger partial charge in [-0.1, -0.05) is 30.3 Å². The standard InChI is InChI=1S/C22H15NO2/c1-2-25-22(24)18-8-7-15-14-6-5-13-16(19(14)12-20(15)18)9-10-21-17(13)4-3-11-23-21/h3-12H,2H2,1H3. The fraction of sp³-hybridized carbons (Fsp3) is 0.0909. The van der Waals surface area contributed by atoms with Gasteiger partial charge in [-0.05, 0) is 63.6 Å². The van der Waals surface area contributed by atoms with Crippen molar-refractivity contribution in [3.05, 3.63) is 76.3 Å². The number of rotatable bonds is 2. The lowest BCUT2D eigenvalue weighted by atomic mass is 10.0. The average molecular weight is 325 g/mol. The molecule has 0 amide bonds. The van der Waals surface area contributed by atoms with Crippen molar-refractivity contribution in [1.82, 2.24) is 4.98 Å². The summed E-state index contributed by atoms with van der Waals surface area (Å²) >= 11 is 0. The molecule has 0 bridgehead atoms. The van der Waals surface area contributed by atoms with Gasteiger partial charge in [-0.2, -0.15) is 0 Å². The van der Waals surface area contributed by atoms with Crippen LogP contribution in [0, 0.1) is 0 Å². The number of nitrogens with zero attached hydrogens (tertiary/aromatic N) is 1. The number of pyridine rings is 1. The zero-order valence-electron chi connectivity index (χ0n) is 13.7. The Morgan fingerprint density at radius 2 is 1.88 bits per heavy atom. The summed E-state index contributed by atoms with van der Waals surface area (Å²) in [5.74, 6) is -0.258. The largest absolute Gasteiger partial charge is 0.462 e. The van der Waals surface area contributed by atoms with Crippen molar-refractivity contribution in [2.75, 3.05) is 6.61 Å². The average Bonchev–Trinajstić information content (AvgIpc) is 3.20. The zero-order valence-corrected chi connectivity index (χ0v) is 13.7. The van der Waals surface area contributed by atoms with Gasteiger partial charge < -0.3 is 4.74 Å². The van der Waals surface area contributed by atoms with Gasteiger partial charge >= 0.3 is 5.97 Å². The molecule has 2 aliphatic rings. The van der Waals surface area contributed by atoms with Crippen molar-refractivity contribution >= 4 is 39.3 Å². The first-order valence-electron chi connectivity index (χ1n) is 8.40. The summed E-state index contributed by atoms with van der Waals surface area (Å²) in [5.41, 5.74) is 3.70. The third-order valence-corrected chi connectivity index (χ3v) is 4.89. The quantitative estimate of drug-likeness (QED) is 0.537. The lowest BCUT2D eigenvalue weighted by Crippen LogP contribution is -2.23. The van der Waals surface area contributed by atoms with Crippen molar-refractivity contribution in [2.24, 2.45) is 0 Å². The molecule has 0 fully saturated rings. The monoisotopic (exact) mass is 325 g/mol. The summed E-state index contributed by atoms with van der Waals surface area (Å²) in [7, 11) is 0. The molecule has 120 valence electrons. The minimum absolute atomic E-state index is 0.258. The van der Waals surface area contributed by atoms with E-state index in [4.69, 9.17) is 4.74 Å². The first-order chi connectivity index (χ1) is 12.3. The lowest BCUT2D eigenvalue weighted by molar-refractivity contribution is -0.138. The molecule has 3 aromatic rings. The predicted molar refractivity (Wildman–Crippen MR) is 99.2 cm³/mol. The van der Waals surface area contributed by atoms with Crippen molar-refractivity contribution < 1.29 is 9.53 Å². The van der Waals surface area contributed by atoms with Gasteiger partial charge in [-0.3, -0.25) is 4.98 Å². The molecule has 3 heteroatoms. The van der Waals surface area contributed by atoms with Crippen LogP contribution in [0.25, 0.3) is 33.3 Å². The molecule has 5 rings (SSSR count). The van der Waals surface area contributed by atoms with E-state index in [-0.39, 0.29) is 5.97 Å². The molecule has 1 heterocycles. The van der Waals surface area contributed by atoms with Crippen LogP contribution in [0.2, 0.25) is 0 Å². The molecule has 1 aromatic heterocycles. The number of esters is 1. The van der Waals surface area contributed by atoms with Crippen LogP contribution in [-0.4, -0.2) is 17.6 Å². The first-order valence-corrected chi connectivity index (χ1v) is 8.40. The summed E-state index contributed by atoms with van der Waals surface area (Å²) in [5, 5.41) is 5.85. The fourth-order valence-electron chi connectivity index (χ4n) is 3.79. The second-order valence-electron chi connectivity index (χ2n) is 6.20. The highest BCUT2D eigenvalue weighted by Gasteiger charge is 2.23. The SMILES string of the molecule is CCOC(=O)C1=C2C=c3c(ccc4c3ccc3ncccc34)=C2C=C1. The van der Waals surface area contributed by atoms with Gasteiger partial charge in [0, 0.05) is 11.6 Å². The Morgan fingerprint density at radius 1 is 1.00 bits per heavy atom. The molecule has 2 aliphatic carbocycles. The van der Waals surface area contributed by atoms with E-state index in [1.807, 2.05) is 31.3 Å². The van der Waals surface area contributed by atoms with Crippen LogP contribution in [0.15, 0.2) is 65.9 Å². The predicted octanol–water partition coefficient (Wildman–Crippen LogP) is 2.76. The van der Waals surface area contributed by atoms with Crippen LogP contribution >= 0.6 is 0 Å². The molecule has 0 saturated heterocycles. The van der Waals surface area contributed by atoms with Crippen LogP contribution in [0.3, 0.4) is 0 Å². The van der Waals surface area contributed by atoms with Crippen molar-refractivity contribution in [1.29, 1.82) is 0 Å². The van der Waals surface area contributed by atoms with Crippen LogP contribution < -0.4 is 10.4 Å². The topological polar surface area (TPSA) is 39.2 Å². The second kappa shape index (κ2) is 5.15. The lowest BCUT2D eigenvalue weighted by Gasteiger charge is -2.03. The van der Waals surface area contributed by atoms with Crippen LogP contribution in [0.1, 0.15) is 6.92 Å². The maximum absolute atomic E-state index is 12.2. The van der Waals surface area contributed by atoms with Gasteiger partial charge in [0.15, 0.2) is 0 Å². The highest BCUT2D eigenvalue weighted by molar-refractivity contribution is 6.10. The van der Waals surface area contributed by atoms with Crippen LogP contribution in [0.4, 0.5) is 0 Å². The Hall–Kier alpha value is -3.20. The minimum atomic E-state index is -0.258. The molecule has 0 radical (unpaired) electrons. The van der Waals surface area contributed by atoms with Crippen molar-refractivity contribution in [2.45, 2.75) is 6.92 Å². The number of fused-ring (bicyclic) bond motifs is 6. The minimum Gasteiger partial charge on any atom is -0.462 e. The van der Waals surface area contributed by atoms with E-state index < -0.39 is 0 Å². The molecule has 0 aliphatic heterocycles. The maximum Gasteiger partial charge on any atom is 0.338 e. The van der Waals surface area contributed by atoms with E-state index >= 15 is 0 Å². The van der Waals surface area contributed by atoms with E-state index in [2.05, 4.69) is 41.4 Å². The van der Waals surface area contributed by atoms with Crippen LogP contribution in [0.5, 0.6) is 0 Å². The Morgan fingerprint density at radius 3 is 2.76 bits per heavy atom. The molecular weight excluding hydrogens is 310 g/mol. The summed E-state index contributed by atoms with van der Waals surface area (Å²) in [6.45, 7) is 2.21. The Labute approximate surface area is 144 Å². The third kappa shape index (κ3) is 1.92. The molecule has 2 aromatic carbocycles. The normalized spacial score (nSPS) is 14.8. The summed E-state index contributed by atoms with van der Waals surface area (Å²) < 4.78 is 5.19. The molecule has 0 atom stereocenters. The molecule has 0 spiro atoms. The number of benzene rings is 2. The van der Waals surface area contributed by atoms with Gasteiger partial charge in [-0.25, -0.2) is 4.79 Å². The van der Waals surface area contributed by atoms with E-state index in [0.29, 0.717) is 12.2 Å². The zero-order chi connectivity index (χ0) is 17.0. The van der Waals surface area contributed by atoms with Gasteiger partial charge in [-0.15, -0.1) is 0 Å². The van der Waals surface area contributed by atoms with E-state index in [0.717, 1.165) is 22.0 Å². The summed E-state index contributed by atoms with van der Waals surface area (Å²) in [6.07, 6.45) is 7.80. The van der Waals surface area contributed by atoms with Gasteiger partial charge in [0.25, 0.3) is 0 Å². The van der Waals surface area contributed by atoms with Crippen molar-refractivity contribution in [3.8, 4) is 0 Å². The maximum atomic E-state index is 12.2. The van der Waals surface area contributed by atoms with E-state index in [1.54, 1.807) is 0 Å².